The maximum absolute atomic E-state index is 12.9. The van der Waals surface area contributed by atoms with Gasteiger partial charge in [0.2, 0.25) is 0 Å². The molecule has 23 heavy (non-hydrogen) atoms. The minimum Gasteiger partial charge on any atom is -0.459 e. The van der Waals surface area contributed by atoms with Crippen molar-refractivity contribution in [2.75, 3.05) is 19.4 Å². The van der Waals surface area contributed by atoms with E-state index in [4.69, 9.17) is 14.9 Å². The molecule has 0 spiro atoms. The molecule has 0 aliphatic carbocycles. The van der Waals surface area contributed by atoms with E-state index >= 15 is 0 Å². The summed E-state index contributed by atoms with van der Waals surface area (Å²) in [4.78, 5) is 14.7. The summed E-state index contributed by atoms with van der Waals surface area (Å²) in [7, 11) is 1.67. The van der Waals surface area contributed by atoms with E-state index in [1.165, 1.54) is 0 Å². The maximum Gasteiger partial charge on any atom is 0.290 e. The molecule has 1 saturated heterocycles. The number of hydrogen-bond donors (Lipinski definition) is 1. The molecule has 7 nitrogen and oxygen atoms in total. The molecule has 0 aromatic carbocycles. The Bertz CT molecular complexity index is 678. The second-order valence-electron chi connectivity index (χ2n) is 5.80. The third-order valence-corrected chi connectivity index (χ3v) is 4.35. The highest BCUT2D eigenvalue weighted by atomic mass is 16.5. The molecule has 1 fully saturated rings. The molecule has 2 aromatic rings. The summed E-state index contributed by atoms with van der Waals surface area (Å²) in [5.41, 5.74) is 6.59. The van der Waals surface area contributed by atoms with Crippen molar-refractivity contribution in [3.8, 4) is 0 Å². The van der Waals surface area contributed by atoms with Crippen molar-refractivity contribution < 1.29 is 13.9 Å². The van der Waals surface area contributed by atoms with Gasteiger partial charge in [-0.3, -0.25) is 9.48 Å². The Labute approximate surface area is 135 Å². The monoisotopic (exact) mass is 318 g/mol. The molecule has 7 heteroatoms. The van der Waals surface area contributed by atoms with Crippen LogP contribution in [0.5, 0.6) is 0 Å². The Hall–Kier alpha value is -2.28. The molecule has 0 radical (unpaired) electrons. The zero-order valence-corrected chi connectivity index (χ0v) is 13.4. The first-order valence-electron chi connectivity index (χ1n) is 7.81. The fourth-order valence-electron chi connectivity index (χ4n) is 3.09. The minimum atomic E-state index is -0.0865. The van der Waals surface area contributed by atoms with Crippen molar-refractivity contribution in [1.29, 1.82) is 0 Å². The molecule has 3 rings (SSSR count). The van der Waals surface area contributed by atoms with Crippen LogP contribution in [0.3, 0.4) is 0 Å². The molecule has 1 amide bonds. The molecule has 0 bridgehead atoms. The van der Waals surface area contributed by atoms with Gasteiger partial charge < -0.3 is 19.8 Å². The zero-order valence-electron chi connectivity index (χ0n) is 13.4. The SMILES string of the molecule is CCc1ccoc1C(=O)N1C[C@H](OC)C[C@H]1Cn1ccc(N)n1. The van der Waals surface area contributed by atoms with Crippen LogP contribution in [0.4, 0.5) is 5.82 Å². The number of ether oxygens (including phenoxy) is 1. The number of carbonyl (C=O) groups excluding carboxylic acids is 1. The zero-order chi connectivity index (χ0) is 16.4. The topological polar surface area (TPSA) is 86.5 Å². The van der Waals surface area contributed by atoms with Crippen molar-refractivity contribution in [2.45, 2.75) is 38.5 Å². The van der Waals surface area contributed by atoms with E-state index in [1.54, 1.807) is 24.1 Å². The first-order valence-corrected chi connectivity index (χ1v) is 7.81. The molecule has 2 atom stereocenters. The molecule has 124 valence electrons. The Morgan fingerprint density at radius 1 is 1.52 bits per heavy atom. The van der Waals surface area contributed by atoms with Crippen molar-refractivity contribution in [1.82, 2.24) is 14.7 Å². The highest BCUT2D eigenvalue weighted by Crippen LogP contribution is 2.25. The number of aryl methyl sites for hydroxylation is 1. The first-order chi connectivity index (χ1) is 11.1. The van der Waals surface area contributed by atoms with Gasteiger partial charge in [-0.1, -0.05) is 6.92 Å². The lowest BCUT2D eigenvalue weighted by molar-refractivity contribution is 0.0647. The van der Waals surface area contributed by atoms with E-state index in [9.17, 15) is 4.79 Å². The number of amides is 1. The highest BCUT2D eigenvalue weighted by Gasteiger charge is 2.37. The Morgan fingerprint density at radius 2 is 2.35 bits per heavy atom. The van der Waals surface area contributed by atoms with Crippen LogP contribution in [0.2, 0.25) is 0 Å². The van der Waals surface area contributed by atoms with E-state index in [0.29, 0.717) is 24.7 Å². The van der Waals surface area contributed by atoms with Crippen LogP contribution >= 0.6 is 0 Å². The molecule has 3 heterocycles. The summed E-state index contributed by atoms with van der Waals surface area (Å²) in [6.07, 6.45) is 4.95. The summed E-state index contributed by atoms with van der Waals surface area (Å²) in [5, 5.41) is 4.21. The molecular formula is C16H22N4O3. The highest BCUT2D eigenvalue weighted by molar-refractivity contribution is 5.93. The van der Waals surface area contributed by atoms with Crippen molar-refractivity contribution in [2.24, 2.45) is 0 Å². The number of nitrogen functional groups attached to an aromatic ring is 1. The summed E-state index contributed by atoms with van der Waals surface area (Å²) >= 11 is 0. The standard InChI is InChI=1S/C16H22N4O3/c1-3-11-5-7-23-15(11)16(21)20-10-13(22-2)8-12(20)9-19-6-4-14(17)18-19/h4-7,12-13H,3,8-10H2,1-2H3,(H2,17,18)/t12-,13+/m0/s1. The van der Waals surface area contributed by atoms with E-state index in [2.05, 4.69) is 5.10 Å². The van der Waals surface area contributed by atoms with E-state index < -0.39 is 0 Å². The average molecular weight is 318 g/mol. The first kappa shape index (κ1) is 15.6. The normalized spacial score (nSPS) is 21.0. The number of nitrogens with two attached hydrogens (primary N) is 1. The molecular weight excluding hydrogens is 296 g/mol. The van der Waals surface area contributed by atoms with E-state index in [0.717, 1.165) is 18.4 Å². The smallest absolute Gasteiger partial charge is 0.290 e. The summed E-state index contributed by atoms with van der Waals surface area (Å²) in [6.45, 7) is 3.15. The minimum absolute atomic E-state index is 0.00144. The number of hydrogen-bond acceptors (Lipinski definition) is 5. The Morgan fingerprint density at radius 3 is 3.00 bits per heavy atom. The van der Waals surface area contributed by atoms with Gasteiger partial charge in [0.1, 0.15) is 5.82 Å². The molecule has 1 aliphatic heterocycles. The van der Waals surface area contributed by atoms with Gasteiger partial charge in [0.15, 0.2) is 5.76 Å². The predicted octanol–water partition coefficient (Wildman–Crippen LogP) is 1.55. The number of furan rings is 1. The number of methoxy groups -OCH3 is 1. The van der Waals surface area contributed by atoms with Gasteiger partial charge >= 0.3 is 0 Å². The molecule has 1 aliphatic rings. The van der Waals surface area contributed by atoms with E-state index in [-0.39, 0.29) is 18.1 Å². The summed E-state index contributed by atoms with van der Waals surface area (Å²) < 4.78 is 12.7. The average Bonchev–Trinajstić information content (AvgIpc) is 3.26. The van der Waals surface area contributed by atoms with Crippen LogP contribution in [0, 0.1) is 0 Å². The Balaban J connectivity index is 1.81. The number of anilines is 1. The second-order valence-corrected chi connectivity index (χ2v) is 5.80. The molecule has 2 aromatic heterocycles. The largest absolute Gasteiger partial charge is 0.459 e. The predicted molar refractivity (Wildman–Crippen MR) is 85.0 cm³/mol. The molecule has 0 saturated carbocycles. The van der Waals surface area contributed by atoms with Crippen LogP contribution in [-0.4, -0.2) is 46.4 Å². The number of carbonyl (C=O) groups is 1. The van der Waals surface area contributed by atoms with Gasteiger partial charge in [-0.2, -0.15) is 5.10 Å². The lowest BCUT2D eigenvalue weighted by atomic mass is 10.1. The summed E-state index contributed by atoms with van der Waals surface area (Å²) in [5.74, 6) is 0.814. The van der Waals surface area contributed by atoms with Gasteiger partial charge in [0, 0.05) is 25.4 Å². The van der Waals surface area contributed by atoms with Gasteiger partial charge in [0.25, 0.3) is 5.91 Å². The molecule has 2 N–H and O–H groups in total. The van der Waals surface area contributed by atoms with Crippen LogP contribution in [0.25, 0.3) is 0 Å². The van der Waals surface area contributed by atoms with Crippen molar-refractivity contribution in [3.05, 3.63) is 35.9 Å². The number of nitrogens with zero attached hydrogens (tertiary/aromatic N) is 3. The second kappa shape index (κ2) is 6.45. The van der Waals surface area contributed by atoms with Gasteiger partial charge in [-0.15, -0.1) is 0 Å². The maximum atomic E-state index is 12.9. The number of rotatable bonds is 5. The van der Waals surface area contributed by atoms with Crippen LogP contribution in [-0.2, 0) is 17.7 Å². The summed E-state index contributed by atoms with van der Waals surface area (Å²) in [6, 6.07) is 3.60. The number of aromatic nitrogens is 2. The van der Waals surface area contributed by atoms with Gasteiger partial charge in [0.05, 0.1) is 25.0 Å². The van der Waals surface area contributed by atoms with Gasteiger partial charge in [-0.05, 0) is 25.0 Å². The van der Waals surface area contributed by atoms with Crippen molar-refractivity contribution in [3.63, 3.8) is 0 Å². The van der Waals surface area contributed by atoms with Crippen LogP contribution in [0.1, 0.15) is 29.5 Å². The van der Waals surface area contributed by atoms with Crippen LogP contribution < -0.4 is 5.73 Å². The quantitative estimate of drug-likeness (QED) is 0.904. The lowest BCUT2D eigenvalue weighted by Crippen LogP contribution is -2.38. The number of likely N-dealkylation sites (tertiary alicyclic amines) is 1. The van der Waals surface area contributed by atoms with Crippen molar-refractivity contribution >= 4 is 11.7 Å². The van der Waals surface area contributed by atoms with Crippen LogP contribution in [0.15, 0.2) is 29.0 Å². The molecule has 0 unspecified atom stereocenters. The van der Waals surface area contributed by atoms with E-state index in [1.807, 2.05) is 24.1 Å². The Kier molecular flexibility index (Phi) is 4.38. The lowest BCUT2D eigenvalue weighted by Gasteiger charge is -2.23. The fraction of sp³-hybridized carbons (Fsp3) is 0.500. The van der Waals surface area contributed by atoms with Gasteiger partial charge in [-0.25, -0.2) is 0 Å². The third kappa shape index (κ3) is 3.10. The fourth-order valence-corrected chi connectivity index (χ4v) is 3.09. The third-order valence-electron chi connectivity index (χ3n) is 4.35.